The van der Waals surface area contributed by atoms with Crippen LogP contribution in [0.15, 0.2) is 91.1 Å². The van der Waals surface area contributed by atoms with Crippen LogP contribution in [0.2, 0.25) is 0 Å². The highest BCUT2D eigenvalue weighted by molar-refractivity contribution is 5.62. The molecule has 0 bridgehead atoms. The Morgan fingerprint density at radius 1 is 0.436 bits per heavy atom. The zero-order valence-corrected chi connectivity index (χ0v) is 45.7. The first-order chi connectivity index (χ1) is 36.7. The predicted molar refractivity (Wildman–Crippen MR) is 293 cm³/mol. The van der Waals surface area contributed by atoms with Crippen molar-refractivity contribution >= 4 is 18.2 Å². The highest BCUT2D eigenvalue weighted by atomic mass is 16.8. The lowest BCUT2D eigenvalue weighted by atomic mass is 9.96. The summed E-state index contributed by atoms with van der Waals surface area (Å²) < 4.78 is 28.8. The molecule has 430 valence electrons. The molecule has 1 fully saturated rings. The summed E-state index contributed by atoms with van der Waals surface area (Å²) in [6.45, 7) is 14.9. The zero-order chi connectivity index (χ0) is 57.6. The van der Waals surface area contributed by atoms with Gasteiger partial charge in [0.15, 0.2) is 24.7 Å². The average Bonchev–Trinajstić information content (AvgIpc) is 3.65. The van der Waals surface area contributed by atoms with Crippen molar-refractivity contribution in [1.82, 2.24) is 0 Å². The molecule has 13 N–H and O–H groups in total. The first kappa shape index (κ1) is 63.7. The van der Waals surface area contributed by atoms with Gasteiger partial charge in [0.2, 0.25) is 0 Å². The third-order valence-corrected chi connectivity index (χ3v) is 13.4. The third-order valence-electron chi connectivity index (χ3n) is 13.4. The normalized spacial score (nSPS) is 34.5. The van der Waals surface area contributed by atoms with Gasteiger partial charge < -0.3 is 90.1 Å². The molecule has 4 heterocycles. The lowest BCUT2D eigenvalue weighted by molar-refractivity contribution is -0.152. The van der Waals surface area contributed by atoms with Crippen LogP contribution < -0.4 is 0 Å². The van der Waals surface area contributed by atoms with E-state index in [9.17, 15) is 66.4 Å². The van der Waals surface area contributed by atoms with Gasteiger partial charge in [-0.25, -0.2) is 0 Å². The summed E-state index contributed by atoms with van der Waals surface area (Å²) in [5.74, 6) is -1.32. The van der Waals surface area contributed by atoms with Gasteiger partial charge in [-0.3, -0.25) is 0 Å². The van der Waals surface area contributed by atoms with E-state index in [0.717, 1.165) is 33.9 Å². The Hall–Kier alpha value is -5.10. The summed E-state index contributed by atoms with van der Waals surface area (Å²) >= 11 is 0. The Balaban J connectivity index is 0.000000216. The molecule has 0 radical (unpaired) electrons. The summed E-state index contributed by atoms with van der Waals surface area (Å²) in [4.78, 5) is 0. The van der Waals surface area contributed by atoms with Crippen LogP contribution in [0.5, 0.6) is 17.2 Å². The van der Waals surface area contributed by atoms with Crippen LogP contribution in [-0.4, -0.2) is 145 Å². The maximum absolute atomic E-state index is 10.7. The maximum atomic E-state index is 10.7. The molecule has 0 unspecified atom stereocenters. The van der Waals surface area contributed by atoms with Gasteiger partial charge in [0.1, 0.15) is 53.9 Å². The Labute approximate surface area is 457 Å². The van der Waals surface area contributed by atoms with E-state index in [1.165, 1.54) is 30.4 Å². The third kappa shape index (κ3) is 18.5. The Morgan fingerprint density at radius 2 is 0.833 bits per heavy atom. The van der Waals surface area contributed by atoms with Crippen molar-refractivity contribution < 1.29 is 90.1 Å². The van der Waals surface area contributed by atoms with Crippen molar-refractivity contribution in [3.63, 3.8) is 0 Å². The summed E-state index contributed by atoms with van der Waals surface area (Å²) in [6.07, 6.45) is 8.16. The predicted octanol–water partition coefficient (Wildman–Crippen LogP) is 6.43. The lowest BCUT2D eigenvalue weighted by Gasteiger charge is -2.23. The molecule has 0 aliphatic carbocycles. The second kappa shape index (κ2) is 29.4. The van der Waals surface area contributed by atoms with E-state index in [4.69, 9.17) is 23.7 Å². The highest BCUT2D eigenvalue weighted by Crippen LogP contribution is 2.37. The van der Waals surface area contributed by atoms with Crippen LogP contribution in [0.3, 0.4) is 0 Å². The van der Waals surface area contributed by atoms with Gasteiger partial charge in [-0.05, 0) is 134 Å². The van der Waals surface area contributed by atoms with E-state index in [1.807, 2.05) is 65.8 Å². The summed E-state index contributed by atoms with van der Waals surface area (Å²) in [6, 6.07) is 9.86. The van der Waals surface area contributed by atoms with Crippen molar-refractivity contribution in [1.29, 1.82) is 0 Å². The smallest absolute Gasteiger partial charge is 0.185 e. The number of rotatable bonds is 0. The van der Waals surface area contributed by atoms with Crippen molar-refractivity contribution in [2.45, 2.75) is 192 Å². The van der Waals surface area contributed by atoms with Crippen LogP contribution >= 0.6 is 0 Å². The standard InChI is InChI=1S/C23H32O5.C19H26O6.C18H24O7/c1-14-12-15(2)20-17(13-14)9-7-11-19-21(28-23(4,5)27-19)18(24)10-6-8-16(3)26-22(20)25;1-11-9-13-6-4-8-15(21)18(23)14(20)7-3-5-12(2)25-19(24)17(13)16(22)10-11;1-10-4-2-6-13(20)17(23)14(21)7-3-5-11-8-12(19)9-15(22)16(11)18(24)25-10/h6-7,9-10,12-13,16,18-19,21-22,24-25H,8,11H2,1-5H3;3-4,6-7,9-10,12,14-15,18-24H,5,8H2,1-2H3;2-3,5-6,8-10,13-14,17-24H,4,7H2,1H3/b9-7+,10-6-;6-4+,7-3-;5-3+,6-2-/t16-,18-,19-,21+,22-;12-,14-,15-,18+,19-;10-,13-,14-,17+,18-/m000/s1. The van der Waals surface area contributed by atoms with Gasteiger partial charge >= 0.3 is 0 Å². The largest absolute Gasteiger partial charge is 0.508 e. The quantitative estimate of drug-likeness (QED) is 0.108. The molecule has 4 aliphatic heterocycles. The van der Waals surface area contributed by atoms with Crippen LogP contribution in [0.25, 0.3) is 18.2 Å². The number of aliphatic hydroxyl groups is 10. The molecule has 1 saturated heterocycles. The monoisotopic (exact) mass is 1090 g/mol. The Kier molecular flexibility index (Phi) is 24.0. The van der Waals surface area contributed by atoms with E-state index < -0.39 is 79.6 Å². The number of ether oxygens (including phenoxy) is 5. The van der Waals surface area contributed by atoms with E-state index in [-0.39, 0.29) is 59.5 Å². The SMILES string of the molecule is C[C@H]1C/C=C\[C@H](O)[C@@H](O)[C@@H](O)C/C=C/c2cc(O)cc(O)c2[C@@H](O)O1.Cc1cc(C)c2c(c1)/C=C/C[C@@H]1OC(C)(C)O[C@@H]1[C@@H](O)/C=C\C[C@H](C)O[C@@H]2O.Cc1cc(O)c2c(c1)/C=C/C[C@H](O)[C@H](O)[C@@H](O)/C=C\C[C@H](C)O[C@@H]2O. The second-order valence-electron chi connectivity index (χ2n) is 20.9. The molecular formula is C60H82O18. The molecule has 4 aliphatic rings. The molecule has 78 heavy (non-hydrogen) atoms. The number of hydrogen-bond acceptors (Lipinski definition) is 18. The molecule has 3 aromatic carbocycles. The van der Waals surface area contributed by atoms with Gasteiger partial charge in [-0.2, -0.15) is 0 Å². The topological polar surface area (TPSA) is 309 Å². The molecule has 7 rings (SSSR count). The average molecular weight is 1090 g/mol. The van der Waals surface area contributed by atoms with Crippen molar-refractivity contribution in [2.24, 2.45) is 0 Å². The second-order valence-corrected chi connectivity index (χ2v) is 20.9. The van der Waals surface area contributed by atoms with Crippen LogP contribution in [0.4, 0.5) is 0 Å². The minimum absolute atomic E-state index is 0.0231. The number of aromatic hydroxyl groups is 3. The van der Waals surface area contributed by atoms with E-state index >= 15 is 0 Å². The molecule has 18 nitrogen and oxygen atoms in total. The summed E-state index contributed by atoms with van der Waals surface area (Å²) in [5, 5.41) is 131. The summed E-state index contributed by atoms with van der Waals surface area (Å²) in [7, 11) is 0. The van der Waals surface area contributed by atoms with Gasteiger partial charge in [0, 0.05) is 11.6 Å². The number of phenolic OH excluding ortho intramolecular Hbond substituents is 3. The van der Waals surface area contributed by atoms with Gasteiger partial charge in [-0.15, -0.1) is 0 Å². The molecular weight excluding hydrogens is 1010 g/mol. The summed E-state index contributed by atoms with van der Waals surface area (Å²) in [5.41, 5.74) is 5.87. The first-order valence-corrected chi connectivity index (χ1v) is 26.4. The lowest BCUT2D eigenvalue weighted by Crippen LogP contribution is -2.35. The van der Waals surface area contributed by atoms with Crippen molar-refractivity contribution in [3.8, 4) is 17.2 Å². The minimum Gasteiger partial charge on any atom is -0.508 e. The molecule has 15 atom stereocenters. The van der Waals surface area contributed by atoms with Gasteiger partial charge in [0.25, 0.3) is 0 Å². The van der Waals surface area contributed by atoms with Crippen LogP contribution in [0, 0.1) is 20.8 Å². The van der Waals surface area contributed by atoms with Crippen LogP contribution in [0.1, 0.15) is 142 Å². The first-order valence-electron chi connectivity index (χ1n) is 26.4. The fraction of sp³-hybridized carbons (Fsp3) is 0.500. The number of fused-ring (bicyclic) bond motifs is 4. The number of aryl methyl sites for hydroxylation is 3. The van der Waals surface area contributed by atoms with Crippen molar-refractivity contribution in [3.05, 3.63) is 141 Å². The maximum Gasteiger partial charge on any atom is 0.185 e. The molecule has 0 spiro atoms. The number of aliphatic hydroxyl groups excluding tert-OH is 10. The number of phenols is 3. The van der Waals surface area contributed by atoms with E-state index in [0.29, 0.717) is 36.8 Å². The molecule has 0 saturated carbocycles. The van der Waals surface area contributed by atoms with E-state index in [2.05, 4.69) is 6.07 Å². The van der Waals surface area contributed by atoms with Gasteiger partial charge in [0.05, 0.1) is 47.8 Å². The molecule has 0 amide bonds. The molecule has 0 aromatic heterocycles. The van der Waals surface area contributed by atoms with Crippen LogP contribution in [-0.2, 0) is 23.7 Å². The highest BCUT2D eigenvalue weighted by Gasteiger charge is 2.43. The van der Waals surface area contributed by atoms with E-state index in [1.54, 1.807) is 56.4 Å². The molecule has 18 heteroatoms. The Bertz CT molecular complexity index is 2470. The fourth-order valence-corrected chi connectivity index (χ4v) is 9.42. The van der Waals surface area contributed by atoms with Gasteiger partial charge in [-0.1, -0.05) is 96.7 Å². The molecule has 3 aromatic rings. The fourth-order valence-electron chi connectivity index (χ4n) is 9.42. The zero-order valence-electron chi connectivity index (χ0n) is 45.7. The Morgan fingerprint density at radius 3 is 1.32 bits per heavy atom. The van der Waals surface area contributed by atoms with Crippen molar-refractivity contribution in [2.75, 3.05) is 0 Å². The minimum atomic E-state index is -1.42. The number of benzene rings is 3. The number of hydrogen-bond donors (Lipinski definition) is 13.